The van der Waals surface area contributed by atoms with Crippen LogP contribution in [0.5, 0.6) is 5.75 Å². The molecule has 92 valence electrons. The molecule has 2 N–H and O–H groups in total. The first-order valence-electron chi connectivity index (χ1n) is 6.45. The van der Waals surface area contributed by atoms with Gasteiger partial charge in [-0.2, -0.15) is 0 Å². The number of hydrogen-bond donors (Lipinski definition) is 2. The van der Waals surface area contributed by atoms with Crippen molar-refractivity contribution in [2.45, 2.75) is 25.8 Å². The second-order valence-corrected chi connectivity index (χ2v) is 4.86. The molecule has 0 spiro atoms. The first-order chi connectivity index (χ1) is 8.81. The average molecular weight is 239 g/mol. The van der Waals surface area contributed by atoms with Gasteiger partial charge in [0.1, 0.15) is 5.75 Å². The lowest BCUT2D eigenvalue weighted by Crippen LogP contribution is -1.99. The van der Waals surface area contributed by atoms with Crippen LogP contribution >= 0.6 is 0 Å². The number of fused-ring (bicyclic) bond motifs is 1. The predicted octanol–water partition coefficient (Wildman–Crippen LogP) is 3.49. The Kier molecular flexibility index (Phi) is 2.93. The zero-order chi connectivity index (χ0) is 12.4. The second-order valence-electron chi connectivity index (χ2n) is 4.86. The fourth-order valence-corrected chi connectivity index (χ4v) is 2.55. The standard InChI is InChI=1S/C16H17NO/c18-16-6-1-3-12(9-16)11-17-15-8-7-13-4-2-5-14(13)10-15/h1,3,6-10,17-18H,2,4-5,11H2. The summed E-state index contributed by atoms with van der Waals surface area (Å²) in [6.07, 6.45) is 3.71. The minimum atomic E-state index is 0.322. The quantitative estimate of drug-likeness (QED) is 0.859. The van der Waals surface area contributed by atoms with E-state index in [0.717, 1.165) is 12.1 Å². The van der Waals surface area contributed by atoms with E-state index < -0.39 is 0 Å². The molecule has 0 bridgehead atoms. The van der Waals surface area contributed by atoms with Gasteiger partial charge in [-0.25, -0.2) is 0 Å². The third-order valence-electron chi connectivity index (χ3n) is 3.51. The molecule has 0 atom stereocenters. The van der Waals surface area contributed by atoms with Crippen molar-refractivity contribution in [3.63, 3.8) is 0 Å². The number of aromatic hydroxyl groups is 1. The van der Waals surface area contributed by atoms with Gasteiger partial charge in [-0.3, -0.25) is 0 Å². The van der Waals surface area contributed by atoms with Gasteiger partial charge in [0.25, 0.3) is 0 Å². The first-order valence-corrected chi connectivity index (χ1v) is 6.45. The van der Waals surface area contributed by atoms with Gasteiger partial charge in [-0.1, -0.05) is 18.2 Å². The highest BCUT2D eigenvalue weighted by atomic mass is 16.3. The van der Waals surface area contributed by atoms with Crippen LogP contribution in [0.15, 0.2) is 42.5 Å². The Balaban J connectivity index is 1.70. The van der Waals surface area contributed by atoms with Gasteiger partial charge < -0.3 is 10.4 Å². The van der Waals surface area contributed by atoms with Gasteiger partial charge in [0.2, 0.25) is 0 Å². The summed E-state index contributed by atoms with van der Waals surface area (Å²) in [7, 11) is 0. The Labute approximate surface area is 107 Å². The van der Waals surface area contributed by atoms with Crippen LogP contribution in [-0.4, -0.2) is 5.11 Å². The van der Waals surface area contributed by atoms with Crippen LogP contribution in [0, 0.1) is 0 Å². The smallest absolute Gasteiger partial charge is 0.115 e. The molecule has 1 aliphatic rings. The van der Waals surface area contributed by atoms with Crippen molar-refractivity contribution in [2.75, 3.05) is 5.32 Å². The number of benzene rings is 2. The summed E-state index contributed by atoms with van der Waals surface area (Å²) in [5.74, 6) is 0.322. The van der Waals surface area contributed by atoms with Gasteiger partial charge in [0.05, 0.1) is 0 Å². The summed E-state index contributed by atoms with van der Waals surface area (Å²) in [4.78, 5) is 0. The molecule has 0 fully saturated rings. The molecule has 18 heavy (non-hydrogen) atoms. The number of rotatable bonds is 3. The van der Waals surface area contributed by atoms with Crippen molar-refractivity contribution >= 4 is 5.69 Å². The van der Waals surface area contributed by atoms with Gasteiger partial charge >= 0.3 is 0 Å². The summed E-state index contributed by atoms with van der Waals surface area (Å²) < 4.78 is 0. The highest BCUT2D eigenvalue weighted by Crippen LogP contribution is 2.25. The molecule has 0 unspecified atom stereocenters. The monoisotopic (exact) mass is 239 g/mol. The van der Waals surface area contributed by atoms with E-state index in [4.69, 9.17) is 0 Å². The predicted molar refractivity (Wildman–Crippen MR) is 73.9 cm³/mol. The summed E-state index contributed by atoms with van der Waals surface area (Å²) in [6.45, 7) is 0.743. The maximum Gasteiger partial charge on any atom is 0.115 e. The highest BCUT2D eigenvalue weighted by Gasteiger charge is 2.10. The van der Waals surface area contributed by atoms with E-state index in [1.54, 1.807) is 12.1 Å². The lowest BCUT2D eigenvalue weighted by Gasteiger charge is -2.09. The van der Waals surface area contributed by atoms with E-state index in [0.29, 0.717) is 5.75 Å². The summed E-state index contributed by atoms with van der Waals surface area (Å²) in [5, 5.41) is 12.8. The molecule has 0 saturated heterocycles. The largest absolute Gasteiger partial charge is 0.508 e. The maximum atomic E-state index is 9.41. The highest BCUT2D eigenvalue weighted by molar-refractivity contribution is 5.50. The number of aryl methyl sites for hydroxylation is 2. The molecule has 0 saturated carbocycles. The topological polar surface area (TPSA) is 32.3 Å². The zero-order valence-electron chi connectivity index (χ0n) is 10.3. The molecule has 0 radical (unpaired) electrons. The third-order valence-corrected chi connectivity index (χ3v) is 3.51. The lowest BCUT2D eigenvalue weighted by molar-refractivity contribution is 0.474. The van der Waals surface area contributed by atoms with Crippen molar-refractivity contribution < 1.29 is 5.11 Å². The molecule has 1 aliphatic carbocycles. The van der Waals surface area contributed by atoms with E-state index in [-0.39, 0.29) is 0 Å². The van der Waals surface area contributed by atoms with Crippen molar-refractivity contribution in [1.82, 2.24) is 0 Å². The Morgan fingerprint density at radius 2 is 1.89 bits per heavy atom. The third kappa shape index (κ3) is 2.33. The van der Waals surface area contributed by atoms with E-state index in [1.807, 2.05) is 12.1 Å². The minimum Gasteiger partial charge on any atom is -0.508 e. The molecule has 0 aliphatic heterocycles. The van der Waals surface area contributed by atoms with Crippen LogP contribution < -0.4 is 5.32 Å². The van der Waals surface area contributed by atoms with Crippen LogP contribution in [0.25, 0.3) is 0 Å². The van der Waals surface area contributed by atoms with Gasteiger partial charge in [-0.15, -0.1) is 0 Å². The van der Waals surface area contributed by atoms with Gasteiger partial charge in [-0.05, 0) is 60.2 Å². The molecule has 3 rings (SSSR count). The van der Waals surface area contributed by atoms with E-state index >= 15 is 0 Å². The molecule has 2 aromatic carbocycles. The molecule has 0 aromatic heterocycles. The van der Waals surface area contributed by atoms with Crippen LogP contribution in [0.1, 0.15) is 23.1 Å². The Hall–Kier alpha value is -1.96. The van der Waals surface area contributed by atoms with Crippen molar-refractivity contribution in [2.24, 2.45) is 0 Å². The fraction of sp³-hybridized carbons (Fsp3) is 0.250. The Morgan fingerprint density at radius 1 is 1.00 bits per heavy atom. The van der Waals surface area contributed by atoms with E-state index in [9.17, 15) is 5.11 Å². The van der Waals surface area contributed by atoms with E-state index in [2.05, 4.69) is 23.5 Å². The molecular weight excluding hydrogens is 222 g/mol. The van der Waals surface area contributed by atoms with Crippen LogP contribution in [-0.2, 0) is 19.4 Å². The van der Waals surface area contributed by atoms with Crippen LogP contribution in [0.4, 0.5) is 5.69 Å². The van der Waals surface area contributed by atoms with E-state index in [1.165, 1.54) is 36.1 Å². The summed E-state index contributed by atoms with van der Waals surface area (Å²) in [5.41, 5.74) is 5.24. The van der Waals surface area contributed by atoms with Crippen molar-refractivity contribution in [3.8, 4) is 5.75 Å². The van der Waals surface area contributed by atoms with Crippen LogP contribution in [0.3, 0.4) is 0 Å². The van der Waals surface area contributed by atoms with Gasteiger partial charge in [0, 0.05) is 12.2 Å². The molecule has 0 amide bonds. The van der Waals surface area contributed by atoms with Crippen LogP contribution in [0.2, 0.25) is 0 Å². The summed E-state index contributed by atoms with van der Waals surface area (Å²) in [6, 6.07) is 14.0. The number of phenolic OH excluding ortho intramolecular Hbond substituents is 1. The molecule has 2 nitrogen and oxygen atoms in total. The Bertz CT molecular complexity index is 563. The van der Waals surface area contributed by atoms with Crippen molar-refractivity contribution in [1.29, 1.82) is 0 Å². The Morgan fingerprint density at radius 3 is 2.78 bits per heavy atom. The summed E-state index contributed by atoms with van der Waals surface area (Å²) >= 11 is 0. The zero-order valence-corrected chi connectivity index (χ0v) is 10.3. The first kappa shape index (κ1) is 11.1. The second kappa shape index (κ2) is 4.73. The minimum absolute atomic E-state index is 0.322. The molecular formula is C16H17NO. The molecule has 0 heterocycles. The number of hydrogen-bond acceptors (Lipinski definition) is 2. The van der Waals surface area contributed by atoms with Gasteiger partial charge in [0.15, 0.2) is 0 Å². The maximum absolute atomic E-state index is 9.41. The number of nitrogens with one attached hydrogen (secondary N) is 1. The number of phenols is 1. The molecule has 2 aromatic rings. The SMILES string of the molecule is Oc1cccc(CNc2ccc3c(c2)CCC3)c1. The lowest BCUT2D eigenvalue weighted by atomic mass is 10.1. The average Bonchev–Trinajstić information content (AvgIpc) is 2.84. The van der Waals surface area contributed by atoms with Crippen molar-refractivity contribution in [3.05, 3.63) is 59.2 Å². The normalized spacial score (nSPS) is 13.3. The molecule has 2 heteroatoms. The fourth-order valence-electron chi connectivity index (χ4n) is 2.55. The number of anilines is 1.